The highest BCUT2D eigenvalue weighted by atomic mass is 16.6. The number of benzene rings is 2. The molecule has 7 heteroatoms. The lowest BCUT2D eigenvalue weighted by atomic mass is 10.1. The summed E-state index contributed by atoms with van der Waals surface area (Å²) < 4.78 is 10.6. The molecule has 1 N–H and O–H groups in total. The standard InChI is InChI=1S/C21H26N2O5/c1-15(2)28-19-11-9-17(10-12-19)16(3)22-27-13-18-7-5-6-8-20(18)23(14-26-4)21(24)25/h5-12,15H,13-14H2,1-4H3,(H,24,25)/b22-16-. The highest BCUT2D eigenvalue weighted by molar-refractivity contribution is 5.98. The zero-order valence-corrected chi connectivity index (χ0v) is 16.6. The number of methoxy groups -OCH3 is 1. The fraction of sp³-hybridized carbons (Fsp3) is 0.333. The Labute approximate surface area is 165 Å². The van der Waals surface area contributed by atoms with Gasteiger partial charge in [0, 0.05) is 12.7 Å². The first-order chi connectivity index (χ1) is 13.4. The summed E-state index contributed by atoms with van der Waals surface area (Å²) in [7, 11) is 1.44. The average Bonchev–Trinajstić information content (AvgIpc) is 2.66. The highest BCUT2D eigenvalue weighted by Crippen LogP contribution is 2.22. The Morgan fingerprint density at radius 1 is 1.14 bits per heavy atom. The van der Waals surface area contributed by atoms with Gasteiger partial charge in [0.1, 0.15) is 19.1 Å². The minimum Gasteiger partial charge on any atom is -0.491 e. The summed E-state index contributed by atoms with van der Waals surface area (Å²) in [4.78, 5) is 18.1. The molecule has 2 rings (SSSR count). The predicted octanol–water partition coefficient (Wildman–Crippen LogP) is 4.50. The van der Waals surface area contributed by atoms with Crippen molar-refractivity contribution in [3.05, 3.63) is 59.7 Å². The summed E-state index contributed by atoms with van der Waals surface area (Å²) in [6, 6.07) is 14.7. The van der Waals surface area contributed by atoms with Crippen molar-refractivity contribution in [3.63, 3.8) is 0 Å². The normalized spacial score (nSPS) is 11.4. The number of para-hydroxylation sites is 1. The van der Waals surface area contributed by atoms with Crippen LogP contribution in [0.25, 0.3) is 0 Å². The van der Waals surface area contributed by atoms with Gasteiger partial charge in [-0.3, -0.25) is 4.90 Å². The summed E-state index contributed by atoms with van der Waals surface area (Å²) in [6.45, 7) is 5.86. The first-order valence-corrected chi connectivity index (χ1v) is 8.93. The molecule has 0 saturated heterocycles. The summed E-state index contributed by atoms with van der Waals surface area (Å²) in [5.41, 5.74) is 2.82. The van der Waals surface area contributed by atoms with Crippen molar-refractivity contribution in [3.8, 4) is 5.75 Å². The minimum atomic E-state index is -1.10. The van der Waals surface area contributed by atoms with E-state index in [2.05, 4.69) is 5.16 Å². The lowest BCUT2D eigenvalue weighted by Gasteiger charge is -2.20. The topological polar surface area (TPSA) is 80.6 Å². The summed E-state index contributed by atoms with van der Waals surface area (Å²) in [5, 5.41) is 13.5. The molecule has 2 aromatic carbocycles. The molecule has 2 aromatic rings. The predicted molar refractivity (Wildman–Crippen MR) is 108 cm³/mol. The molecule has 0 saturated carbocycles. The van der Waals surface area contributed by atoms with Gasteiger partial charge in [0.15, 0.2) is 0 Å². The van der Waals surface area contributed by atoms with Gasteiger partial charge in [-0.25, -0.2) is 4.79 Å². The number of oxime groups is 1. The number of ether oxygens (including phenoxy) is 2. The van der Waals surface area contributed by atoms with Gasteiger partial charge in [-0.05, 0) is 56.7 Å². The maximum Gasteiger partial charge on any atom is 0.413 e. The van der Waals surface area contributed by atoms with E-state index < -0.39 is 6.09 Å². The van der Waals surface area contributed by atoms with Crippen LogP contribution >= 0.6 is 0 Å². The van der Waals surface area contributed by atoms with Crippen LogP contribution in [0.3, 0.4) is 0 Å². The van der Waals surface area contributed by atoms with Crippen molar-refractivity contribution in [1.29, 1.82) is 0 Å². The highest BCUT2D eigenvalue weighted by Gasteiger charge is 2.17. The molecular weight excluding hydrogens is 360 g/mol. The number of carbonyl (C=O) groups is 1. The molecule has 0 aliphatic rings. The lowest BCUT2D eigenvalue weighted by Crippen LogP contribution is -2.32. The first-order valence-electron chi connectivity index (χ1n) is 8.93. The molecule has 28 heavy (non-hydrogen) atoms. The third-order valence-electron chi connectivity index (χ3n) is 3.84. The summed E-state index contributed by atoms with van der Waals surface area (Å²) in [5.74, 6) is 0.799. The molecular formula is C21H26N2O5. The molecule has 0 aliphatic heterocycles. The van der Waals surface area contributed by atoms with Gasteiger partial charge >= 0.3 is 6.09 Å². The van der Waals surface area contributed by atoms with Crippen molar-refractivity contribution in [1.82, 2.24) is 0 Å². The number of hydrogen-bond acceptors (Lipinski definition) is 5. The van der Waals surface area contributed by atoms with Crippen molar-refractivity contribution in [2.45, 2.75) is 33.5 Å². The summed E-state index contributed by atoms with van der Waals surface area (Å²) in [6.07, 6.45) is -0.981. The van der Waals surface area contributed by atoms with E-state index in [1.165, 1.54) is 7.11 Å². The zero-order valence-electron chi connectivity index (χ0n) is 16.6. The smallest absolute Gasteiger partial charge is 0.413 e. The van der Waals surface area contributed by atoms with E-state index in [4.69, 9.17) is 14.3 Å². The van der Waals surface area contributed by atoms with E-state index in [0.29, 0.717) is 17.0 Å². The van der Waals surface area contributed by atoms with Crippen LogP contribution in [-0.2, 0) is 16.2 Å². The van der Waals surface area contributed by atoms with Gasteiger partial charge in [0.05, 0.1) is 17.5 Å². The monoisotopic (exact) mass is 386 g/mol. The molecule has 0 bridgehead atoms. The summed E-state index contributed by atoms with van der Waals surface area (Å²) >= 11 is 0. The Morgan fingerprint density at radius 3 is 2.43 bits per heavy atom. The Morgan fingerprint density at radius 2 is 1.82 bits per heavy atom. The molecule has 0 spiro atoms. The molecule has 150 valence electrons. The molecule has 0 radical (unpaired) electrons. The van der Waals surface area contributed by atoms with E-state index in [-0.39, 0.29) is 19.4 Å². The van der Waals surface area contributed by atoms with E-state index in [9.17, 15) is 9.90 Å². The maximum atomic E-state index is 11.5. The number of amides is 1. The van der Waals surface area contributed by atoms with E-state index >= 15 is 0 Å². The number of rotatable bonds is 9. The van der Waals surface area contributed by atoms with Gasteiger partial charge in [0.2, 0.25) is 0 Å². The third-order valence-corrected chi connectivity index (χ3v) is 3.84. The number of hydrogen-bond donors (Lipinski definition) is 1. The Bertz CT molecular complexity index is 803. The van der Waals surface area contributed by atoms with Crippen molar-refractivity contribution in [2.75, 3.05) is 18.7 Å². The van der Waals surface area contributed by atoms with E-state index in [0.717, 1.165) is 16.2 Å². The van der Waals surface area contributed by atoms with Crippen molar-refractivity contribution >= 4 is 17.5 Å². The molecule has 0 aromatic heterocycles. The molecule has 0 unspecified atom stereocenters. The average molecular weight is 386 g/mol. The first kappa shape index (κ1) is 21.2. The Balaban J connectivity index is 2.07. The second kappa shape index (κ2) is 10.3. The fourth-order valence-electron chi connectivity index (χ4n) is 2.55. The van der Waals surface area contributed by atoms with Crippen LogP contribution in [0.15, 0.2) is 53.7 Å². The van der Waals surface area contributed by atoms with Crippen molar-refractivity contribution < 1.29 is 24.2 Å². The third kappa shape index (κ3) is 5.99. The SMILES string of the molecule is COCN(C(=O)O)c1ccccc1CO/N=C(/C)c1ccc(OC(C)C)cc1. The van der Waals surface area contributed by atoms with Crippen molar-refractivity contribution in [2.24, 2.45) is 5.16 Å². The van der Waals surface area contributed by atoms with Crippen LogP contribution in [-0.4, -0.2) is 36.9 Å². The van der Waals surface area contributed by atoms with Gasteiger partial charge in [-0.15, -0.1) is 0 Å². The number of nitrogens with zero attached hydrogens (tertiary/aromatic N) is 2. The van der Waals surface area contributed by atoms with Gasteiger partial charge in [-0.2, -0.15) is 0 Å². The van der Waals surface area contributed by atoms with Gasteiger partial charge in [0.25, 0.3) is 0 Å². The van der Waals surface area contributed by atoms with Crippen LogP contribution in [0.1, 0.15) is 31.9 Å². The molecule has 0 atom stereocenters. The molecule has 0 heterocycles. The van der Waals surface area contributed by atoms with E-state index in [1.807, 2.05) is 51.1 Å². The van der Waals surface area contributed by atoms with Crippen LogP contribution in [0, 0.1) is 0 Å². The minimum absolute atomic E-state index is 0.0700. The lowest BCUT2D eigenvalue weighted by molar-refractivity contribution is 0.130. The van der Waals surface area contributed by atoms with Crippen LogP contribution < -0.4 is 9.64 Å². The fourth-order valence-corrected chi connectivity index (χ4v) is 2.55. The second-order valence-electron chi connectivity index (χ2n) is 6.40. The molecule has 0 aliphatic carbocycles. The molecule has 1 amide bonds. The molecule has 0 fully saturated rings. The quantitative estimate of drug-likeness (QED) is 0.390. The van der Waals surface area contributed by atoms with Gasteiger partial charge < -0.3 is 19.4 Å². The van der Waals surface area contributed by atoms with Crippen LogP contribution in [0.2, 0.25) is 0 Å². The van der Waals surface area contributed by atoms with Gasteiger partial charge in [-0.1, -0.05) is 23.4 Å². The largest absolute Gasteiger partial charge is 0.491 e. The second-order valence-corrected chi connectivity index (χ2v) is 6.40. The van der Waals surface area contributed by atoms with Crippen LogP contribution in [0.5, 0.6) is 5.75 Å². The Kier molecular flexibility index (Phi) is 7.83. The maximum absolute atomic E-state index is 11.5. The van der Waals surface area contributed by atoms with Crippen LogP contribution in [0.4, 0.5) is 10.5 Å². The van der Waals surface area contributed by atoms with E-state index in [1.54, 1.807) is 18.2 Å². The zero-order chi connectivity index (χ0) is 20.5. The number of carboxylic acid groups (broad SMARTS) is 1. The molecule has 7 nitrogen and oxygen atoms in total. The number of anilines is 1. The Hall–Kier alpha value is -3.06.